The number of carbonyl (C=O) groups is 3. The maximum atomic E-state index is 13.8. The molecule has 2 unspecified atom stereocenters. The third-order valence-electron chi connectivity index (χ3n) is 5.31. The van der Waals surface area contributed by atoms with Crippen LogP contribution in [-0.4, -0.2) is 47.5 Å². The van der Waals surface area contributed by atoms with Gasteiger partial charge in [-0.15, -0.1) is 6.58 Å². The highest BCUT2D eigenvalue weighted by atomic mass is 16.6. The fourth-order valence-corrected chi connectivity index (χ4v) is 3.48. The summed E-state index contributed by atoms with van der Waals surface area (Å²) in [6, 6.07) is 6.00. The first-order chi connectivity index (χ1) is 15.9. The van der Waals surface area contributed by atoms with Gasteiger partial charge in [-0.2, -0.15) is 0 Å². The van der Waals surface area contributed by atoms with Crippen molar-refractivity contribution in [3.8, 4) is 0 Å². The summed E-state index contributed by atoms with van der Waals surface area (Å²) in [4.78, 5) is 41.1. The number of amides is 3. The van der Waals surface area contributed by atoms with E-state index in [-0.39, 0.29) is 24.3 Å². The third kappa shape index (κ3) is 9.20. The Balaban J connectivity index is 3.36. The first-order valence-corrected chi connectivity index (χ1v) is 12.2. The van der Waals surface area contributed by atoms with Crippen molar-refractivity contribution in [2.24, 2.45) is 5.92 Å². The van der Waals surface area contributed by atoms with Crippen LogP contribution in [0, 0.1) is 5.92 Å². The highest BCUT2D eigenvalue weighted by Gasteiger charge is 2.36. The van der Waals surface area contributed by atoms with E-state index in [9.17, 15) is 14.4 Å². The van der Waals surface area contributed by atoms with Gasteiger partial charge in [0.15, 0.2) is 0 Å². The van der Waals surface area contributed by atoms with E-state index in [0.29, 0.717) is 12.1 Å². The Labute approximate surface area is 205 Å². The molecule has 7 heteroatoms. The standard InChI is InChI=1S/C27H43N3O4/c1-9-12-17-28-24(31)23(21-15-13-20(11-3)14-16-21)30(18-10-2)25(32)22(19(4)5)29-26(33)34-27(6,7)8/h10,13-16,19,22-23H,2,9,11-12,17-18H2,1,3-8H3,(H,28,31)(H,29,33). The molecule has 0 aliphatic heterocycles. The van der Waals surface area contributed by atoms with Crippen LogP contribution in [0.25, 0.3) is 0 Å². The van der Waals surface area contributed by atoms with Crippen LogP contribution >= 0.6 is 0 Å². The Morgan fingerprint density at radius 2 is 1.74 bits per heavy atom. The van der Waals surface area contributed by atoms with Gasteiger partial charge >= 0.3 is 6.09 Å². The molecule has 0 spiro atoms. The number of nitrogens with one attached hydrogen (secondary N) is 2. The van der Waals surface area contributed by atoms with E-state index in [4.69, 9.17) is 4.74 Å². The Morgan fingerprint density at radius 1 is 1.12 bits per heavy atom. The zero-order valence-electron chi connectivity index (χ0n) is 21.9. The van der Waals surface area contributed by atoms with Gasteiger partial charge in [0, 0.05) is 13.1 Å². The molecule has 1 rings (SSSR count). The van der Waals surface area contributed by atoms with Crippen molar-refractivity contribution in [2.45, 2.75) is 85.4 Å². The van der Waals surface area contributed by atoms with E-state index in [1.807, 2.05) is 38.1 Å². The number of hydrogen-bond acceptors (Lipinski definition) is 4. The largest absolute Gasteiger partial charge is 0.444 e. The Kier molecular flexibility index (Phi) is 11.8. The van der Waals surface area contributed by atoms with Gasteiger partial charge in [0.2, 0.25) is 11.8 Å². The fourth-order valence-electron chi connectivity index (χ4n) is 3.48. The molecule has 1 aromatic carbocycles. The molecule has 2 atom stereocenters. The van der Waals surface area contributed by atoms with E-state index in [0.717, 1.165) is 24.8 Å². The number of carbonyl (C=O) groups excluding carboxylic acids is 3. The van der Waals surface area contributed by atoms with Crippen LogP contribution in [-0.2, 0) is 20.7 Å². The quantitative estimate of drug-likeness (QED) is 0.338. The lowest BCUT2D eigenvalue weighted by Crippen LogP contribution is -2.55. The van der Waals surface area contributed by atoms with Crippen LogP contribution < -0.4 is 10.6 Å². The van der Waals surface area contributed by atoms with Crippen LogP contribution in [0.5, 0.6) is 0 Å². The number of hydrogen-bond donors (Lipinski definition) is 2. The summed E-state index contributed by atoms with van der Waals surface area (Å²) in [6.45, 7) is 17.6. The molecule has 0 saturated carbocycles. The fraction of sp³-hybridized carbons (Fsp3) is 0.593. The summed E-state index contributed by atoms with van der Waals surface area (Å²) in [5.41, 5.74) is 1.15. The molecule has 190 valence electrons. The first-order valence-electron chi connectivity index (χ1n) is 12.2. The topological polar surface area (TPSA) is 87.7 Å². The molecule has 0 aliphatic rings. The number of rotatable bonds is 12. The van der Waals surface area contributed by atoms with Crippen molar-refractivity contribution in [2.75, 3.05) is 13.1 Å². The number of aryl methyl sites for hydroxylation is 1. The SMILES string of the molecule is C=CCN(C(=O)C(NC(=O)OC(C)(C)C)C(C)C)C(C(=O)NCCCC)c1ccc(CC)cc1. The lowest BCUT2D eigenvalue weighted by Gasteiger charge is -2.35. The van der Waals surface area contributed by atoms with Crippen molar-refractivity contribution in [3.05, 3.63) is 48.0 Å². The molecule has 0 bridgehead atoms. The van der Waals surface area contributed by atoms with E-state index in [1.54, 1.807) is 26.8 Å². The molecule has 3 amide bonds. The predicted octanol–water partition coefficient (Wildman–Crippen LogP) is 4.77. The van der Waals surface area contributed by atoms with Crippen LogP contribution in [0.4, 0.5) is 4.79 Å². The Morgan fingerprint density at radius 3 is 2.21 bits per heavy atom. The van der Waals surface area contributed by atoms with Crippen molar-refractivity contribution in [1.29, 1.82) is 0 Å². The van der Waals surface area contributed by atoms with Gasteiger partial charge in [0.05, 0.1) is 0 Å². The van der Waals surface area contributed by atoms with Gasteiger partial charge < -0.3 is 20.3 Å². The molecule has 0 aromatic heterocycles. The molecule has 0 aliphatic carbocycles. The van der Waals surface area contributed by atoms with Gasteiger partial charge in [-0.1, -0.05) is 64.5 Å². The molecule has 0 radical (unpaired) electrons. The normalized spacial score (nSPS) is 13.1. The molecular formula is C27H43N3O4. The summed E-state index contributed by atoms with van der Waals surface area (Å²) in [7, 11) is 0. The summed E-state index contributed by atoms with van der Waals surface area (Å²) in [5, 5.41) is 5.67. The number of unbranched alkanes of at least 4 members (excludes halogenated alkanes) is 1. The third-order valence-corrected chi connectivity index (χ3v) is 5.31. The highest BCUT2D eigenvalue weighted by Crippen LogP contribution is 2.24. The van der Waals surface area contributed by atoms with E-state index >= 15 is 0 Å². The summed E-state index contributed by atoms with van der Waals surface area (Å²) < 4.78 is 5.37. The van der Waals surface area contributed by atoms with E-state index in [1.165, 1.54) is 4.90 Å². The molecule has 34 heavy (non-hydrogen) atoms. The zero-order valence-corrected chi connectivity index (χ0v) is 21.9. The van der Waals surface area contributed by atoms with Crippen molar-refractivity contribution in [1.82, 2.24) is 15.5 Å². The predicted molar refractivity (Wildman–Crippen MR) is 136 cm³/mol. The second-order valence-electron chi connectivity index (χ2n) is 9.79. The Bertz CT molecular complexity index is 812. The lowest BCUT2D eigenvalue weighted by atomic mass is 9.98. The number of nitrogens with zero attached hydrogens (tertiary/aromatic N) is 1. The number of alkyl carbamates (subject to hydrolysis) is 1. The maximum Gasteiger partial charge on any atom is 0.408 e. The van der Waals surface area contributed by atoms with Crippen LogP contribution in [0.2, 0.25) is 0 Å². The summed E-state index contributed by atoms with van der Waals surface area (Å²) in [5.74, 6) is -0.845. The van der Waals surface area contributed by atoms with Gasteiger partial charge in [0.1, 0.15) is 17.7 Å². The minimum atomic E-state index is -0.865. The smallest absolute Gasteiger partial charge is 0.408 e. The lowest BCUT2D eigenvalue weighted by molar-refractivity contribution is -0.142. The summed E-state index contributed by atoms with van der Waals surface area (Å²) >= 11 is 0. The van der Waals surface area contributed by atoms with Crippen molar-refractivity contribution < 1.29 is 19.1 Å². The second kappa shape index (κ2) is 13.8. The maximum absolute atomic E-state index is 13.8. The van der Waals surface area contributed by atoms with Gasteiger partial charge in [0.25, 0.3) is 0 Å². The van der Waals surface area contributed by atoms with Crippen molar-refractivity contribution >= 4 is 17.9 Å². The molecule has 0 saturated heterocycles. The minimum absolute atomic E-state index is 0.152. The van der Waals surface area contributed by atoms with Crippen LogP contribution in [0.3, 0.4) is 0 Å². The molecule has 0 heterocycles. The Hall–Kier alpha value is -2.83. The second-order valence-corrected chi connectivity index (χ2v) is 9.79. The molecule has 1 aromatic rings. The monoisotopic (exact) mass is 473 g/mol. The minimum Gasteiger partial charge on any atom is -0.444 e. The van der Waals surface area contributed by atoms with Crippen LogP contribution in [0.1, 0.15) is 78.5 Å². The highest BCUT2D eigenvalue weighted by molar-refractivity contribution is 5.92. The van der Waals surface area contributed by atoms with Crippen LogP contribution in [0.15, 0.2) is 36.9 Å². The zero-order chi connectivity index (χ0) is 25.9. The average Bonchev–Trinajstić information content (AvgIpc) is 2.76. The molecule has 7 nitrogen and oxygen atoms in total. The summed E-state index contributed by atoms with van der Waals surface area (Å²) in [6.07, 6.45) is 3.58. The molecular weight excluding hydrogens is 430 g/mol. The first kappa shape index (κ1) is 29.2. The van der Waals surface area contributed by atoms with Gasteiger partial charge in [-0.05, 0) is 50.7 Å². The van der Waals surface area contributed by atoms with Gasteiger partial charge in [-0.25, -0.2) is 4.79 Å². The van der Waals surface area contributed by atoms with Crippen molar-refractivity contribution in [3.63, 3.8) is 0 Å². The average molecular weight is 474 g/mol. The molecule has 0 fully saturated rings. The number of ether oxygens (including phenoxy) is 1. The number of benzene rings is 1. The van der Waals surface area contributed by atoms with E-state index in [2.05, 4.69) is 31.1 Å². The van der Waals surface area contributed by atoms with Gasteiger partial charge in [-0.3, -0.25) is 9.59 Å². The molecule has 2 N–H and O–H groups in total. The van der Waals surface area contributed by atoms with E-state index < -0.39 is 23.8 Å².